The van der Waals surface area contributed by atoms with Crippen molar-refractivity contribution in [2.75, 3.05) is 11.9 Å². The van der Waals surface area contributed by atoms with E-state index in [2.05, 4.69) is 23.3 Å². The molecule has 2 aromatic carbocycles. The van der Waals surface area contributed by atoms with Gasteiger partial charge in [0.25, 0.3) is 5.91 Å². The number of aromatic nitrogens is 1. The fraction of sp³-hybridized carbons (Fsp3) is 0.200. The topological polar surface area (TPSA) is 64.4 Å². The highest BCUT2D eigenvalue weighted by atomic mass is 32.1. The molecule has 0 spiro atoms. The second-order valence-corrected chi connectivity index (χ2v) is 6.84. The van der Waals surface area contributed by atoms with E-state index in [1.807, 2.05) is 37.3 Å². The van der Waals surface area contributed by atoms with Crippen molar-refractivity contribution in [2.24, 2.45) is 0 Å². The minimum atomic E-state index is -0.319. The number of hydrogen-bond acceptors (Lipinski definition) is 5. The molecule has 1 N–H and O–H groups in total. The molecule has 2 heterocycles. The SMILES string of the molecule is CCOc1cccc2cc(C(=O)Nc3nc4c(CC)cccc4s3)oc12. The van der Waals surface area contributed by atoms with Crippen LogP contribution >= 0.6 is 11.3 Å². The van der Waals surface area contributed by atoms with E-state index in [-0.39, 0.29) is 11.7 Å². The number of hydrogen-bond donors (Lipinski definition) is 1. The lowest BCUT2D eigenvalue weighted by atomic mass is 10.1. The maximum atomic E-state index is 12.6. The van der Waals surface area contributed by atoms with E-state index < -0.39 is 0 Å². The van der Waals surface area contributed by atoms with E-state index >= 15 is 0 Å². The summed E-state index contributed by atoms with van der Waals surface area (Å²) in [5.41, 5.74) is 2.69. The summed E-state index contributed by atoms with van der Waals surface area (Å²) in [6.45, 7) is 4.54. The summed E-state index contributed by atoms with van der Waals surface area (Å²) in [7, 11) is 0. The maximum absolute atomic E-state index is 12.6. The van der Waals surface area contributed by atoms with Gasteiger partial charge >= 0.3 is 0 Å². The molecule has 0 atom stereocenters. The summed E-state index contributed by atoms with van der Waals surface area (Å²) in [4.78, 5) is 17.2. The number of fused-ring (bicyclic) bond motifs is 2. The van der Waals surface area contributed by atoms with E-state index in [0.29, 0.717) is 23.1 Å². The summed E-state index contributed by atoms with van der Waals surface area (Å²) in [6.07, 6.45) is 0.901. The number of aryl methyl sites for hydroxylation is 1. The van der Waals surface area contributed by atoms with Crippen molar-refractivity contribution in [3.8, 4) is 5.75 Å². The Hall–Kier alpha value is -2.86. The first kappa shape index (κ1) is 16.6. The molecule has 0 aliphatic heterocycles. The average molecular weight is 366 g/mol. The van der Waals surface area contributed by atoms with Gasteiger partial charge in [-0.15, -0.1) is 0 Å². The van der Waals surface area contributed by atoms with Gasteiger partial charge in [0.2, 0.25) is 0 Å². The molecule has 0 aliphatic carbocycles. The van der Waals surface area contributed by atoms with Crippen molar-refractivity contribution < 1.29 is 13.9 Å². The molecule has 0 saturated heterocycles. The fourth-order valence-electron chi connectivity index (χ4n) is 2.92. The molecule has 0 saturated carbocycles. The van der Waals surface area contributed by atoms with Gasteiger partial charge in [-0.1, -0.05) is 42.5 Å². The number of carbonyl (C=O) groups is 1. The fourth-order valence-corrected chi connectivity index (χ4v) is 3.83. The van der Waals surface area contributed by atoms with E-state index in [9.17, 15) is 4.79 Å². The van der Waals surface area contributed by atoms with Gasteiger partial charge in [0, 0.05) is 5.39 Å². The van der Waals surface area contributed by atoms with Gasteiger partial charge in [-0.3, -0.25) is 10.1 Å². The summed E-state index contributed by atoms with van der Waals surface area (Å²) < 4.78 is 12.4. The van der Waals surface area contributed by atoms with Crippen LogP contribution in [0.3, 0.4) is 0 Å². The third kappa shape index (κ3) is 2.93. The summed E-state index contributed by atoms with van der Waals surface area (Å²) in [6, 6.07) is 13.4. The minimum absolute atomic E-state index is 0.238. The van der Waals surface area contributed by atoms with Crippen LogP contribution in [0, 0.1) is 0 Å². The zero-order chi connectivity index (χ0) is 18.1. The molecule has 26 heavy (non-hydrogen) atoms. The Morgan fingerprint density at radius 1 is 1.23 bits per heavy atom. The lowest BCUT2D eigenvalue weighted by Crippen LogP contribution is -2.10. The number of nitrogens with zero attached hydrogens (tertiary/aromatic N) is 1. The predicted molar refractivity (Wildman–Crippen MR) is 104 cm³/mol. The van der Waals surface area contributed by atoms with Crippen LogP contribution in [-0.2, 0) is 6.42 Å². The van der Waals surface area contributed by atoms with Gasteiger partial charge in [-0.2, -0.15) is 0 Å². The molecule has 0 bridgehead atoms. The second-order valence-electron chi connectivity index (χ2n) is 5.81. The summed E-state index contributed by atoms with van der Waals surface area (Å²) in [5, 5.41) is 4.24. The first-order valence-electron chi connectivity index (χ1n) is 8.54. The molecule has 2 aromatic heterocycles. The number of amides is 1. The van der Waals surface area contributed by atoms with Crippen LogP contribution in [0.25, 0.3) is 21.2 Å². The van der Waals surface area contributed by atoms with Crippen LogP contribution < -0.4 is 10.1 Å². The van der Waals surface area contributed by atoms with Crippen LogP contribution in [0.1, 0.15) is 30.0 Å². The van der Waals surface area contributed by atoms with Crippen LogP contribution in [0.5, 0.6) is 5.75 Å². The third-order valence-corrected chi connectivity index (χ3v) is 5.07. The molecule has 4 rings (SSSR count). The highest BCUT2D eigenvalue weighted by molar-refractivity contribution is 7.22. The number of thiazole rings is 1. The number of ether oxygens (including phenoxy) is 1. The van der Waals surface area contributed by atoms with Crippen molar-refractivity contribution in [2.45, 2.75) is 20.3 Å². The van der Waals surface area contributed by atoms with Crippen LogP contribution in [-0.4, -0.2) is 17.5 Å². The highest BCUT2D eigenvalue weighted by Crippen LogP contribution is 2.31. The van der Waals surface area contributed by atoms with Gasteiger partial charge in [0.1, 0.15) is 0 Å². The Labute approximate surface area is 154 Å². The smallest absolute Gasteiger partial charge is 0.293 e. The Morgan fingerprint density at radius 3 is 2.88 bits per heavy atom. The summed E-state index contributed by atoms with van der Waals surface area (Å²) >= 11 is 1.46. The number of rotatable bonds is 5. The lowest BCUT2D eigenvalue weighted by molar-refractivity contribution is 0.0998. The lowest BCUT2D eigenvalue weighted by Gasteiger charge is -2.02. The van der Waals surface area contributed by atoms with E-state index in [1.165, 1.54) is 16.9 Å². The van der Waals surface area contributed by atoms with Crippen molar-refractivity contribution in [3.05, 3.63) is 53.8 Å². The Bertz CT molecular complexity index is 1100. The molecule has 0 radical (unpaired) electrons. The first-order chi connectivity index (χ1) is 12.7. The zero-order valence-electron chi connectivity index (χ0n) is 14.5. The number of nitrogens with one attached hydrogen (secondary N) is 1. The van der Waals surface area contributed by atoms with E-state index in [1.54, 1.807) is 6.07 Å². The van der Waals surface area contributed by atoms with Gasteiger partial charge < -0.3 is 9.15 Å². The Kier molecular flexibility index (Phi) is 4.34. The summed E-state index contributed by atoms with van der Waals surface area (Å²) in [5.74, 6) is 0.555. The first-order valence-corrected chi connectivity index (χ1v) is 9.36. The largest absolute Gasteiger partial charge is 0.490 e. The van der Waals surface area contributed by atoms with Crippen LogP contribution in [0.4, 0.5) is 5.13 Å². The monoisotopic (exact) mass is 366 g/mol. The second kappa shape index (κ2) is 6.80. The molecule has 6 heteroatoms. The molecule has 0 fully saturated rings. The van der Waals surface area contributed by atoms with Crippen LogP contribution in [0.15, 0.2) is 46.9 Å². The van der Waals surface area contributed by atoms with Gasteiger partial charge in [0.05, 0.1) is 16.8 Å². The number of benzene rings is 2. The molecule has 4 aromatic rings. The maximum Gasteiger partial charge on any atom is 0.293 e. The normalized spacial score (nSPS) is 11.2. The van der Waals surface area contributed by atoms with Gasteiger partial charge in [-0.05, 0) is 37.1 Å². The minimum Gasteiger partial charge on any atom is -0.490 e. The molecule has 1 amide bonds. The molecular weight excluding hydrogens is 348 g/mol. The molecule has 0 aliphatic rings. The Morgan fingerprint density at radius 2 is 2.08 bits per heavy atom. The molecule has 5 nitrogen and oxygen atoms in total. The van der Waals surface area contributed by atoms with Crippen molar-refractivity contribution in [1.82, 2.24) is 4.98 Å². The van der Waals surface area contributed by atoms with E-state index in [0.717, 1.165) is 22.0 Å². The molecular formula is C20H18N2O3S. The van der Waals surface area contributed by atoms with Gasteiger partial charge in [0.15, 0.2) is 22.2 Å². The molecule has 0 unspecified atom stereocenters. The average Bonchev–Trinajstić information content (AvgIpc) is 3.25. The Balaban J connectivity index is 1.64. The van der Waals surface area contributed by atoms with Crippen LogP contribution in [0.2, 0.25) is 0 Å². The number of carbonyl (C=O) groups excluding carboxylic acids is 1. The van der Waals surface area contributed by atoms with E-state index in [4.69, 9.17) is 9.15 Å². The van der Waals surface area contributed by atoms with Crippen molar-refractivity contribution in [3.63, 3.8) is 0 Å². The number of anilines is 1. The number of furan rings is 1. The number of para-hydroxylation sites is 2. The molecule has 132 valence electrons. The highest BCUT2D eigenvalue weighted by Gasteiger charge is 2.17. The predicted octanol–water partition coefficient (Wildman–Crippen LogP) is 5.26. The quantitative estimate of drug-likeness (QED) is 0.523. The third-order valence-electron chi connectivity index (χ3n) is 4.14. The standard InChI is InChI=1S/C20H18N2O3S/c1-3-12-7-6-10-16-17(12)21-20(26-16)22-19(23)15-11-13-8-5-9-14(24-4-2)18(13)25-15/h5-11H,3-4H2,1-2H3,(H,21,22,23). The van der Waals surface area contributed by atoms with Gasteiger partial charge in [-0.25, -0.2) is 4.98 Å². The van der Waals surface area contributed by atoms with Crippen molar-refractivity contribution >= 4 is 43.6 Å². The van der Waals surface area contributed by atoms with Crippen molar-refractivity contribution in [1.29, 1.82) is 0 Å². The zero-order valence-corrected chi connectivity index (χ0v) is 15.4.